The molecule has 0 aliphatic heterocycles. The van der Waals surface area contributed by atoms with Crippen molar-refractivity contribution in [1.29, 1.82) is 0 Å². The van der Waals surface area contributed by atoms with Gasteiger partial charge in [-0.2, -0.15) is 4.98 Å². The van der Waals surface area contributed by atoms with Gasteiger partial charge < -0.3 is 20.6 Å². The topological polar surface area (TPSA) is 81.4 Å². The maximum Gasteiger partial charge on any atom is 0.224 e. The van der Waals surface area contributed by atoms with Crippen LogP contribution in [-0.4, -0.2) is 26.5 Å². The van der Waals surface area contributed by atoms with Crippen LogP contribution in [0.2, 0.25) is 0 Å². The van der Waals surface area contributed by atoms with Crippen LogP contribution in [-0.2, 0) is 13.0 Å². The molecule has 144 valence electrons. The summed E-state index contributed by atoms with van der Waals surface area (Å²) in [7, 11) is 0. The highest BCUT2D eigenvalue weighted by atomic mass is 15.1. The van der Waals surface area contributed by atoms with E-state index in [2.05, 4.69) is 79.1 Å². The van der Waals surface area contributed by atoms with Gasteiger partial charge in [0, 0.05) is 48.6 Å². The predicted octanol–water partition coefficient (Wildman–Crippen LogP) is 4.71. The minimum Gasteiger partial charge on any atom is -0.366 e. The largest absolute Gasteiger partial charge is 0.366 e. The molecule has 29 heavy (non-hydrogen) atoms. The normalized spacial score (nSPS) is 11.2. The summed E-state index contributed by atoms with van der Waals surface area (Å²) < 4.78 is 0. The number of H-pyrrole nitrogens is 2. The van der Waals surface area contributed by atoms with Crippen LogP contribution in [0.4, 0.5) is 11.8 Å². The van der Waals surface area contributed by atoms with Gasteiger partial charge in [-0.25, -0.2) is 4.98 Å². The lowest BCUT2D eigenvalue weighted by molar-refractivity contribution is 0.955. The zero-order valence-electron chi connectivity index (χ0n) is 15.9. The van der Waals surface area contributed by atoms with E-state index in [0.717, 1.165) is 24.3 Å². The second kappa shape index (κ2) is 7.67. The molecule has 4 N–H and O–H groups in total. The third kappa shape index (κ3) is 3.91. The Bertz CT molecular complexity index is 1220. The van der Waals surface area contributed by atoms with Crippen molar-refractivity contribution in [2.24, 2.45) is 0 Å². The van der Waals surface area contributed by atoms with E-state index in [9.17, 15) is 0 Å². The maximum atomic E-state index is 4.56. The maximum absolute atomic E-state index is 4.56. The van der Waals surface area contributed by atoms with Gasteiger partial charge >= 0.3 is 0 Å². The van der Waals surface area contributed by atoms with Gasteiger partial charge in [0.05, 0.1) is 0 Å². The van der Waals surface area contributed by atoms with Crippen molar-refractivity contribution in [3.8, 4) is 0 Å². The highest BCUT2D eigenvalue weighted by Crippen LogP contribution is 2.16. The Kier molecular flexibility index (Phi) is 4.58. The fraction of sp³-hybridized carbons (Fsp3) is 0.130. The Balaban J connectivity index is 1.18. The number of anilines is 2. The molecule has 5 rings (SSSR count). The Morgan fingerprint density at radius 1 is 0.862 bits per heavy atom. The molecule has 0 saturated heterocycles. The summed E-state index contributed by atoms with van der Waals surface area (Å²) >= 11 is 0. The van der Waals surface area contributed by atoms with Crippen LogP contribution in [0.1, 0.15) is 11.3 Å². The van der Waals surface area contributed by atoms with Gasteiger partial charge in [-0.3, -0.25) is 0 Å². The molecule has 6 nitrogen and oxygen atoms in total. The van der Waals surface area contributed by atoms with E-state index in [1.165, 1.54) is 27.5 Å². The molecule has 0 aliphatic rings. The van der Waals surface area contributed by atoms with Gasteiger partial charge in [0.15, 0.2) is 0 Å². The van der Waals surface area contributed by atoms with Crippen LogP contribution < -0.4 is 10.6 Å². The average Bonchev–Trinajstić information content (AvgIpc) is 3.38. The first-order valence-corrected chi connectivity index (χ1v) is 9.77. The minimum atomic E-state index is 0.632. The molecular weight excluding hydrogens is 360 g/mol. The number of aromatic nitrogens is 4. The number of benzene rings is 2. The van der Waals surface area contributed by atoms with Crippen molar-refractivity contribution in [3.63, 3.8) is 0 Å². The van der Waals surface area contributed by atoms with E-state index in [1.807, 2.05) is 18.3 Å². The summed E-state index contributed by atoms with van der Waals surface area (Å²) in [5, 5.41) is 9.14. The third-order valence-corrected chi connectivity index (χ3v) is 5.01. The average molecular weight is 382 g/mol. The van der Waals surface area contributed by atoms with Crippen molar-refractivity contribution in [1.82, 2.24) is 19.9 Å². The standard InChI is InChI=1S/C23H22N6/c1-2-4-21-17(3-1)14-19(28-21)8-11-25-23-26-12-9-22(29-23)27-15-16-5-6-20-18(13-16)7-10-24-20/h1-7,9-10,12-14,24,28H,8,11,15H2,(H2,25,26,27,29). The number of hydrogen-bond acceptors (Lipinski definition) is 4. The summed E-state index contributed by atoms with van der Waals surface area (Å²) in [6, 6.07) is 20.9. The second-order valence-corrected chi connectivity index (χ2v) is 7.08. The van der Waals surface area contributed by atoms with Crippen molar-refractivity contribution >= 4 is 33.6 Å². The van der Waals surface area contributed by atoms with Gasteiger partial charge in [0.2, 0.25) is 5.95 Å². The second-order valence-electron chi connectivity index (χ2n) is 7.08. The predicted molar refractivity (Wildman–Crippen MR) is 118 cm³/mol. The Morgan fingerprint density at radius 2 is 1.79 bits per heavy atom. The van der Waals surface area contributed by atoms with Crippen LogP contribution in [0, 0.1) is 0 Å². The lowest BCUT2D eigenvalue weighted by Gasteiger charge is -2.08. The van der Waals surface area contributed by atoms with Crippen LogP contribution in [0.15, 0.2) is 73.1 Å². The molecule has 6 heteroatoms. The molecule has 0 aliphatic carbocycles. The first-order valence-electron chi connectivity index (χ1n) is 9.77. The zero-order valence-corrected chi connectivity index (χ0v) is 15.9. The van der Waals surface area contributed by atoms with E-state index in [1.54, 1.807) is 6.20 Å². The van der Waals surface area contributed by atoms with Gasteiger partial charge in [0.1, 0.15) is 5.82 Å². The monoisotopic (exact) mass is 382 g/mol. The Hall–Kier alpha value is -3.80. The van der Waals surface area contributed by atoms with E-state index in [-0.39, 0.29) is 0 Å². The summed E-state index contributed by atoms with van der Waals surface area (Å²) in [5.74, 6) is 1.44. The highest BCUT2D eigenvalue weighted by Gasteiger charge is 2.03. The molecule has 0 unspecified atom stereocenters. The SMILES string of the molecule is c1ccc2[nH]c(CCNc3nccc(NCc4ccc5[nH]ccc5c4)n3)cc2c1. The third-order valence-electron chi connectivity index (χ3n) is 5.01. The summed E-state index contributed by atoms with van der Waals surface area (Å²) in [6.07, 6.45) is 4.61. The number of hydrogen-bond donors (Lipinski definition) is 4. The van der Waals surface area contributed by atoms with Gasteiger partial charge in [0.25, 0.3) is 0 Å². The molecule has 0 atom stereocenters. The Morgan fingerprint density at radius 3 is 2.76 bits per heavy atom. The summed E-state index contributed by atoms with van der Waals surface area (Å²) in [6.45, 7) is 1.48. The molecule has 0 amide bonds. The summed E-state index contributed by atoms with van der Waals surface area (Å²) in [4.78, 5) is 15.6. The van der Waals surface area contributed by atoms with E-state index < -0.39 is 0 Å². The Labute approximate surface area is 168 Å². The van der Waals surface area contributed by atoms with Crippen LogP contribution in [0.5, 0.6) is 0 Å². The zero-order chi connectivity index (χ0) is 19.5. The van der Waals surface area contributed by atoms with Gasteiger partial charge in [-0.15, -0.1) is 0 Å². The van der Waals surface area contributed by atoms with Gasteiger partial charge in [-0.1, -0.05) is 24.3 Å². The number of nitrogens with zero attached hydrogens (tertiary/aromatic N) is 2. The van der Waals surface area contributed by atoms with E-state index >= 15 is 0 Å². The first-order chi connectivity index (χ1) is 14.3. The van der Waals surface area contributed by atoms with E-state index in [0.29, 0.717) is 12.5 Å². The van der Waals surface area contributed by atoms with Crippen molar-refractivity contribution in [2.45, 2.75) is 13.0 Å². The number of rotatable bonds is 7. The number of para-hydroxylation sites is 1. The van der Waals surface area contributed by atoms with Crippen molar-refractivity contribution < 1.29 is 0 Å². The van der Waals surface area contributed by atoms with Crippen LogP contribution in [0.25, 0.3) is 21.8 Å². The van der Waals surface area contributed by atoms with E-state index in [4.69, 9.17) is 0 Å². The summed E-state index contributed by atoms with van der Waals surface area (Å²) in [5.41, 5.74) is 4.73. The van der Waals surface area contributed by atoms with Gasteiger partial charge in [-0.05, 0) is 52.7 Å². The van der Waals surface area contributed by atoms with Crippen molar-refractivity contribution in [3.05, 3.63) is 84.3 Å². The molecule has 5 aromatic rings. The lowest BCUT2D eigenvalue weighted by atomic mass is 10.1. The highest BCUT2D eigenvalue weighted by molar-refractivity contribution is 5.80. The quantitative estimate of drug-likeness (QED) is 0.329. The van der Waals surface area contributed by atoms with Crippen LogP contribution >= 0.6 is 0 Å². The number of fused-ring (bicyclic) bond motifs is 2. The molecule has 0 saturated carbocycles. The molecule has 0 bridgehead atoms. The fourth-order valence-corrected chi connectivity index (χ4v) is 3.52. The first kappa shape index (κ1) is 17.3. The smallest absolute Gasteiger partial charge is 0.224 e. The van der Waals surface area contributed by atoms with Crippen molar-refractivity contribution in [2.75, 3.05) is 17.2 Å². The molecule has 3 aromatic heterocycles. The molecular formula is C23H22N6. The fourth-order valence-electron chi connectivity index (χ4n) is 3.52. The molecule has 2 aromatic carbocycles. The molecule has 0 radical (unpaired) electrons. The molecule has 0 fully saturated rings. The van der Waals surface area contributed by atoms with Crippen LogP contribution in [0.3, 0.4) is 0 Å². The minimum absolute atomic E-state index is 0.632. The molecule has 3 heterocycles. The lowest BCUT2D eigenvalue weighted by Crippen LogP contribution is -2.09. The molecule has 0 spiro atoms. The number of nitrogens with one attached hydrogen (secondary N) is 4. The number of aromatic amines is 2.